The van der Waals surface area contributed by atoms with E-state index in [-0.39, 0.29) is 6.42 Å². The Morgan fingerprint density at radius 3 is 2.38 bits per heavy atom. The van der Waals surface area contributed by atoms with Gasteiger partial charge in [0.05, 0.1) is 6.61 Å². The van der Waals surface area contributed by atoms with Crippen molar-refractivity contribution in [1.29, 1.82) is 0 Å². The number of aliphatic carboxylic acids is 2. The van der Waals surface area contributed by atoms with Crippen LogP contribution >= 0.6 is 0 Å². The number of ether oxygens (including phenoxy) is 1. The number of rotatable bonds is 6. The van der Waals surface area contributed by atoms with Crippen molar-refractivity contribution in [2.75, 3.05) is 6.61 Å². The molecule has 0 saturated carbocycles. The van der Waals surface area contributed by atoms with Crippen LogP contribution in [0.25, 0.3) is 10.8 Å². The lowest BCUT2D eigenvalue weighted by Crippen LogP contribution is -2.25. The summed E-state index contributed by atoms with van der Waals surface area (Å²) < 4.78 is 5.52. The Kier molecular flexibility index (Phi) is 4.42. The van der Waals surface area contributed by atoms with Crippen LogP contribution in [0.1, 0.15) is 12.5 Å². The van der Waals surface area contributed by atoms with Crippen LogP contribution in [0.4, 0.5) is 0 Å². The summed E-state index contributed by atoms with van der Waals surface area (Å²) in [5.74, 6) is -3.66. The fourth-order valence-corrected chi connectivity index (χ4v) is 2.30. The average molecular weight is 288 g/mol. The Morgan fingerprint density at radius 1 is 1.10 bits per heavy atom. The minimum absolute atomic E-state index is 0.110. The topological polar surface area (TPSA) is 83.8 Å². The molecule has 0 spiro atoms. The number of hydrogen-bond donors (Lipinski definition) is 2. The van der Waals surface area contributed by atoms with Crippen LogP contribution in [0.15, 0.2) is 36.4 Å². The average Bonchev–Trinajstić information content (AvgIpc) is 2.45. The van der Waals surface area contributed by atoms with Gasteiger partial charge in [0.15, 0.2) is 5.92 Å². The molecule has 0 aliphatic rings. The summed E-state index contributed by atoms with van der Waals surface area (Å²) in [4.78, 5) is 22.3. The second-order valence-electron chi connectivity index (χ2n) is 4.63. The van der Waals surface area contributed by atoms with E-state index in [0.29, 0.717) is 17.9 Å². The molecular weight excluding hydrogens is 272 g/mol. The second-order valence-corrected chi connectivity index (χ2v) is 4.63. The van der Waals surface area contributed by atoms with Gasteiger partial charge in [0.2, 0.25) is 0 Å². The second kappa shape index (κ2) is 6.26. The summed E-state index contributed by atoms with van der Waals surface area (Å²) in [6.45, 7) is 2.25. The predicted molar refractivity (Wildman–Crippen MR) is 77.6 cm³/mol. The molecule has 0 saturated heterocycles. The Labute approximate surface area is 121 Å². The quantitative estimate of drug-likeness (QED) is 0.798. The van der Waals surface area contributed by atoms with Gasteiger partial charge in [-0.25, -0.2) is 0 Å². The van der Waals surface area contributed by atoms with Crippen molar-refractivity contribution in [1.82, 2.24) is 0 Å². The fraction of sp³-hybridized carbons (Fsp3) is 0.250. The van der Waals surface area contributed by atoms with Gasteiger partial charge >= 0.3 is 11.9 Å². The Balaban J connectivity index is 2.55. The highest BCUT2D eigenvalue weighted by atomic mass is 16.5. The minimum atomic E-state index is -1.49. The van der Waals surface area contributed by atoms with Crippen LogP contribution in [0.5, 0.6) is 5.75 Å². The third-order valence-corrected chi connectivity index (χ3v) is 3.30. The van der Waals surface area contributed by atoms with E-state index in [4.69, 9.17) is 14.9 Å². The van der Waals surface area contributed by atoms with Gasteiger partial charge < -0.3 is 14.9 Å². The molecule has 0 unspecified atom stereocenters. The number of carboxylic acids is 2. The molecule has 0 heterocycles. The maximum absolute atomic E-state index is 11.1. The normalized spacial score (nSPS) is 10.8. The largest absolute Gasteiger partial charge is 0.494 e. The molecule has 0 amide bonds. The van der Waals surface area contributed by atoms with Gasteiger partial charge in [-0.3, -0.25) is 9.59 Å². The first-order chi connectivity index (χ1) is 10.0. The van der Waals surface area contributed by atoms with E-state index in [1.165, 1.54) is 0 Å². The van der Waals surface area contributed by atoms with E-state index in [0.717, 1.165) is 10.8 Å². The molecule has 5 heteroatoms. The van der Waals surface area contributed by atoms with Crippen LogP contribution in [0, 0.1) is 5.92 Å². The molecule has 2 N–H and O–H groups in total. The van der Waals surface area contributed by atoms with Crippen molar-refractivity contribution in [3.8, 4) is 5.75 Å². The molecule has 0 aliphatic carbocycles. The summed E-state index contributed by atoms with van der Waals surface area (Å²) in [7, 11) is 0. The van der Waals surface area contributed by atoms with Crippen LogP contribution < -0.4 is 4.74 Å². The maximum Gasteiger partial charge on any atom is 0.318 e. The van der Waals surface area contributed by atoms with Crippen molar-refractivity contribution in [3.63, 3.8) is 0 Å². The SMILES string of the molecule is CCOc1ccc2ccccc2c1CC(C(=O)O)C(=O)O. The third-order valence-electron chi connectivity index (χ3n) is 3.30. The van der Waals surface area contributed by atoms with Gasteiger partial charge in [0, 0.05) is 12.0 Å². The van der Waals surface area contributed by atoms with Gasteiger partial charge in [-0.2, -0.15) is 0 Å². The van der Waals surface area contributed by atoms with Crippen molar-refractivity contribution in [2.45, 2.75) is 13.3 Å². The first-order valence-electron chi connectivity index (χ1n) is 6.63. The zero-order valence-corrected chi connectivity index (χ0v) is 11.6. The van der Waals surface area contributed by atoms with Gasteiger partial charge in [0.1, 0.15) is 5.75 Å². The lowest BCUT2D eigenvalue weighted by Gasteiger charge is -2.15. The molecule has 0 atom stereocenters. The summed E-state index contributed by atoms with van der Waals surface area (Å²) >= 11 is 0. The number of carbonyl (C=O) groups is 2. The number of carboxylic acid groups (broad SMARTS) is 2. The highest BCUT2D eigenvalue weighted by molar-refractivity contribution is 5.95. The molecule has 0 bridgehead atoms. The lowest BCUT2D eigenvalue weighted by atomic mass is 9.94. The van der Waals surface area contributed by atoms with E-state index < -0.39 is 17.9 Å². The number of fused-ring (bicyclic) bond motifs is 1. The van der Waals surface area contributed by atoms with Gasteiger partial charge in [-0.15, -0.1) is 0 Å². The van der Waals surface area contributed by atoms with Crippen LogP contribution in [-0.4, -0.2) is 28.8 Å². The minimum Gasteiger partial charge on any atom is -0.494 e. The van der Waals surface area contributed by atoms with Crippen molar-refractivity contribution >= 4 is 22.7 Å². The Hall–Kier alpha value is -2.56. The standard InChI is InChI=1S/C16H16O5/c1-2-21-14-8-7-10-5-3-4-6-11(10)12(14)9-13(15(17)18)16(19)20/h3-8,13H,2,9H2,1H3,(H,17,18)(H,19,20). The molecule has 2 aromatic rings. The molecule has 21 heavy (non-hydrogen) atoms. The van der Waals surface area contributed by atoms with Crippen molar-refractivity contribution in [3.05, 3.63) is 42.0 Å². The molecule has 2 aromatic carbocycles. The predicted octanol–water partition coefficient (Wildman–Crippen LogP) is 2.57. The zero-order valence-electron chi connectivity index (χ0n) is 11.6. The van der Waals surface area contributed by atoms with Crippen LogP contribution in [0.2, 0.25) is 0 Å². The summed E-state index contributed by atoms with van der Waals surface area (Å²) in [6.07, 6.45) is -0.110. The molecular formula is C16H16O5. The Morgan fingerprint density at radius 2 is 1.76 bits per heavy atom. The van der Waals surface area contributed by atoms with E-state index in [9.17, 15) is 9.59 Å². The molecule has 0 fully saturated rings. The van der Waals surface area contributed by atoms with Gasteiger partial charge in [-0.05, 0) is 23.8 Å². The van der Waals surface area contributed by atoms with Crippen molar-refractivity contribution in [2.24, 2.45) is 5.92 Å². The first-order valence-corrected chi connectivity index (χ1v) is 6.63. The molecule has 110 valence electrons. The molecule has 0 aliphatic heterocycles. The number of benzene rings is 2. The summed E-state index contributed by atoms with van der Waals surface area (Å²) in [5, 5.41) is 19.9. The van der Waals surface area contributed by atoms with E-state index in [1.54, 1.807) is 6.07 Å². The monoisotopic (exact) mass is 288 g/mol. The number of hydrogen-bond acceptors (Lipinski definition) is 3. The summed E-state index contributed by atoms with van der Waals surface area (Å²) in [6, 6.07) is 11.1. The highest BCUT2D eigenvalue weighted by Gasteiger charge is 2.28. The third kappa shape index (κ3) is 3.13. The maximum atomic E-state index is 11.1. The first kappa shape index (κ1) is 14.8. The van der Waals surface area contributed by atoms with Gasteiger partial charge in [-0.1, -0.05) is 30.3 Å². The molecule has 2 rings (SSSR count). The fourth-order valence-electron chi connectivity index (χ4n) is 2.30. The summed E-state index contributed by atoms with van der Waals surface area (Å²) in [5.41, 5.74) is 0.616. The highest BCUT2D eigenvalue weighted by Crippen LogP contribution is 2.30. The smallest absolute Gasteiger partial charge is 0.318 e. The van der Waals surface area contributed by atoms with E-state index in [2.05, 4.69) is 0 Å². The zero-order chi connectivity index (χ0) is 15.4. The van der Waals surface area contributed by atoms with E-state index >= 15 is 0 Å². The van der Waals surface area contributed by atoms with Crippen molar-refractivity contribution < 1.29 is 24.5 Å². The lowest BCUT2D eigenvalue weighted by molar-refractivity contribution is -0.154. The van der Waals surface area contributed by atoms with Gasteiger partial charge in [0.25, 0.3) is 0 Å². The Bertz CT molecular complexity index is 663. The molecule has 5 nitrogen and oxygen atoms in total. The van der Waals surface area contributed by atoms with Crippen LogP contribution in [-0.2, 0) is 16.0 Å². The molecule has 0 radical (unpaired) electrons. The van der Waals surface area contributed by atoms with E-state index in [1.807, 2.05) is 37.3 Å². The van der Waals surface area contributed by atoms with Crippen LogP contribution in [0.3, 0.4) is 0 Å². The molecule has 0 aromatic heterocycles.